The second kappa shape index (κ2) is 5.58. The Labute approximate surface area is 127 Å². The largest absolute Gasteiger partial charge is 0.312 e. The number of nitrogens with zero attached hydrogens (tertiary/aromatic N) is 3. The first-order valence-electron chi connectivity index (χ1n) is 6.87. The molecule has 1 aliphatic heterocycles. The highest BCUT2D eigenvalue weighted by Crippen LogP contribution is 2.25. The summed E-state index contributed by atoms with van der Waals surface area (Å²) in [5, 5.41) is 3.40. The highest BCUT2D eigenvalue weighted by molar-refractivity contribution is 9.10. The van der Waals surface area contributed by atoms with Gasteiger partial charge >= 0.3 is 0 Å². The molecule has 0 saturated carbocycles. The third-order valence-corrected chi connectivity index (χ3v) is 3.94. The number of halogens is 1. The van der Waals surface area contributed by atoms with Crippen molar-refractivity contribution in [3.63, 3.8) is 0 Å². The molecule has 0 saturated heterocycles. The summed E-state index contributed by atoms with van der Waals surface area (Å²) in [4.78, 5) is 13.9. The van der Waals surface area contributed by atoms with Gasteiger partial charge in [-0.05, 0) is 34.0 Å². The van der Waals surface area contributed by atoms with Gasteiger partial charge in [0.2, 0.25) is 0 Å². The zero-order valence-corrected chi connectivity index (χ0v) is 13.2. The zero-order valence-electron chi connectivity index (χ0n) is 11.7. The van der Waals surface area contributed by atoms with E-state index >= 15 is 0 Å². The summed E-state index contributed by atoms with van der Waals surface area (Å²) >= 11 is 3.40. The Morgan fingerprint density at radius 3 is 2.80 bits per heavy atom. The lowest BCUT2D eigenvalue weighted by Crippen LogP contribution is -2.27. The minimum atomic E-state index is 0.390. The molecule has 0 atom stereocenters. The van der Waals surface area contributed by atoms with Gasteiger partial charge in [0.25, 0.3) is 0 Å². The number of aromatic nitrogens is 3. The highest BCUT2D eigenvalue weighted by atomic mass is 79.9. The first-order chi connectivity index (χ1) is 9.65. The predicted molar refractivity (Wildman–Crippen MR) is 82.5 cm³/mol. The van der Waals surface area contributed by atoms with Crippen molar-refractivity contribution >= 4 is 15.9 Å². The van der Waals surface area contributed by atoms with E-state index in [2.05, 4.69) is 40.1 Å². The average molecular weight is 333 g/mol. The molecular weight excluding hydrogens is 316 g/mol. The van der Waals surface area contributed by atoms with E-state index in [-0.39, 0.29) is 0 Å². The Morgan fingerprint density at radius 1 is 1.25 bits per heavy atom. The number of hydrogen-bond acceptors (Lipinski definition) is 4. The van der Waals surface area contributed by atoms with Crippen LogP contribution in [-0.4, -0.2) is 21.5 Å². The maximum atomic E-state index is 4.76. The third kappa shape index (κ3) is 2.60. The monoisotopic (exact) mass is 332 g/mol. The highest BCUT2D eigenvalue weighted by Gasteiger charge is 2.20. The Kier molecular flexibility index (Phi) is 3.81. The van der Waals surface area contributed by atoms with Crippen molar-refractivity contribution in [3.8, 4) is 11.5 Å². The summed E-state index contributed by atoms with van der Waals surface area (Å²) in [5.74, 6) is 1.13. The lowest BCUT2D eigenvalue weighted by molar-refractivity contribution is 0.609. The van der Waals surface area contributed by atoms with E-state index in [1.807, 2.05) is 12.1 Å². The van der Waals surface area contributed by atoms with Gasteiger partial charge in [0.15, 0.2) is 5.82 Å². The van der Waals surface area contributed by atoms with Crippen LogP contribution in [0.15, 0.2) is 22.8 Å². The Hall–Kier alpha value is -1.33. The van der Waals surface area contributed by atoms with E-state index in [1.54, 1.807) is 6.20 Å². The van der Waals surface area contributed by atoms with Crippen molar-refractivity contribution in [2.45, 2.75) is 32.7 Å². The molecule has 0 aliphatic carbocycles. The molecule has 0 fully saturated rings. The van der Waals surface area contributed by atoms with E-state index in [0.29, 0.717) is 5.92 Å². The average Bonchev–Trinajstić information content (AvgIpc) is 2.46. The number of rotatable bonds is 2. The summed E-state index contributed by atoms with van der Waals surface area (Å²) in [6.07, 6.45) is 2.75. The van der Waals surface area contributed by atoms with Gasteiger partial charge in [-0.15, -0.1) is 0 Å². The molecule has 0 unspecified atom stereocenters. The van der Waals surface area contributed by atoms with Gasteiger partial charge in [0.1, 0.15) is 5.69 Å². The smallest absolute Gasteiger partial charge is 0.178 e. The number of nitrogens with one attached hydrogen (secondary N) is 1. The standard InChI is InChI=1S/C15H17BrN4/c1-9(2)14-11-8-17-6-5-12(11)19-15(20-14)13-4-3-10(16)7-18-13/h3-4,7,9,17H,5-6,8H2,1-2H3. The molecule has 0 bridgehead atoms. The molecule has 1 aliphatic rings. The molecule has 1 N–H and O–H groups in total. The van der Waals surface area contributed by atoms with Crippen molar-refractivity contribution in [3.05, 3.63) is 39.8 Å². The maximum Gasteiger partial charge on any atom is 0.178 e. The van der Waals surface area contributed by atoms with E-state index < -0.39 is 0 Å². The quantitative estimate of drug-likeness (QED) is 0.918. The van der Waals surface area contributed by atoms with Crippen molar-refractivity contribution in [2.75, 3.05) is 6.54 Å². The van der Waals surface area contributed by atoms with Crippen LogP contribution in [0.2, 0.25) is 0 Å². The van der Waals surface area contributed by atoms with Gasteiger partial charge in [-0.1, -0.05) is 13.8 Å². The molecule has 2 aromatic heterocycles. The van der Waals surface area contributed by atoms with Gasteiger partial charge in [-0.2, -0.15) is 0 Å². The molecule has 0 aromatic carbocycles. The maximum absolute atomic E-state index is 4.76. The molecule has 0 amide bonds. The first kappa shape index (κ1) is 13.6. The summed E-state index contributed by atoms with van der Waals surface area (Å²) < 4.78 is 0.965. The first-order valence-corrected chi connectivity index (χ1v) is 7.67. The Bertz CT molecular complexity index is 623. The molecule has 2 aromatic rings. The molecule has 104 valence electrons. The van der Waals surface area contributed by atoms with Gasteiger partial charge in [-0.25, -0.2) is 9.97 Å². The minimum absolute atomic E-state index is 0.390. The number of hydrogen-bond donors (Lipinski definition) is 1. The summed E-state index contributed by atoms with van der Waals surface area (Å²) in [7, 11) is 0. The third-order valence-electron chi connectivity index (χ3n) is 3.47. The second-order valence-electron chi connectivity index (χ2n) is 5.30. The van der Waals surface area contributed by atoms with Crippen LogP contribution >= 0.6 is 15.9 Å². The molecule has 4 nitrogen and oxygen atoms in total. The van der Waals surface area contributed by atoms with Gasteiger partial charge in [0, 0.05) is 35.7 Å². The summed E-state index contributed by atoms with van der Waals surface area (Å²) in [6.45, 7) is 6.21. The molecular formula is C15H17BrN4. The van der Waals surface area contributed by atoms with Gasteiger partial charge in [0.05, 0.1) is 11.4 Å². The van der Waals surface area contributed by atoms with Crippen LogP contribution in [0.5, 0.6) is 0 Å². The fourth-order valence-corrected chi connectivity index (χ4v) is 2.70. The van der Waals surface area contributed by atoms with Gasteiger partial charge in [-0.3, -0.25) is 4.98 Å². The zero-order chi connectivity index (χ0) is 14.1. The molecule has 0 radical (unpaired) electrons. The van der Waals surface area contributed by atoms with Crippen LogP contribution in [0.4, 0.5) is 0 Å². The van der Waals surface area contributed by atoms with Crippen LogP contribution in [0, 0.1) is 0 Å². The Balaban J connectivity index is 2.12. The number of fused-ring (bicyclic) bond motifs is 1. The molecule has 0 spiro atoms. The Morgan fingerprint density at radius 2 is 2.10 bits per heavy atom. The van der Waals surface area contributed by atoms with Crippen molar-refractivity contribution < 1.29 is 0 Å². The van der Waals surface area contributed by atoms with E-state index in [0.717, 1.165) is 41.2 Å². The van der Waals surface area contributed by atoms with E-state index in [4.69, 9.17) is 9.97 Å². The van der Waals surface area contributed by atoms with Crippen LogP contribution in [0.25, 0.3) is 11.5 Å². The van der Waals surface area contributed by atoms with E-state index in [9.17, 15) is 0 Å². The van der Waals surface area contributed by atoms with Crippen LogP contribution in [0.3, 0.4) is 0 Å². The number of pyridine rings is 1. The normalized spacial score (nSPS) is 14.4. The van der Waals surface area contributed by atoms with Crippen molar-refractivity contribution in [1.82, 2.24) is 20.3 Å². The fourth-order valence-electron chi connectivity index (χ4n) is 2.47. The SMILES string of the molecule is CC(C)c1nc(-c2ccc(Br)cn2)nc2c1CNCC2. The molecule has 20 heavy (non-hydrogen) atoms. The van der Waals surface area contributed by atoms with E-state index in [1.165, 1.54) is 11.3 Å². The second-order valence-corrected chi connectivity index (χ2v) is 6.22. The summed E-state index contributed by atoms with van der Waals surface area (Å²) in [5.41, 5.74) is 4.41. The van der Waals surface area contributed by atoms with Crippen molar-refractivity contribution in [1.29, 1.82) is 0 Å². The van der Waals surface area contributed by atoms with Crippen molar-refractivity contribution in [2.24, 2.45) is 0 Å². The summed E-state index contributed by atoms with van der Waals surface area (Å²) in [6, 6.07) is 3.93. The van der Waals surface area contributed by atoms with Gasteiger partial charge < -0.3 is 5.32 Å². The fraction of sp³-hybridized carbons (Fsp3) is 0.400. The van der Waals surface area contributed by atoms with Crippen LogP contribution in [0.1, 0.15) is 36.7 Å². The van der Waals surface area contributed by atoms with Crippen LogP contribution < -0.4 is 5.32 Å². The van der Waals surface area contributed by atoms with Crippen LogP contribution in [-0.2, 0) is 13.0 Å². The molecule has 3 rings (SSSR count). The molecule has 3 heterocycles. The predicted octanol–water partition coefficient (Wildman–Crippen LogP) is 3.07. The minimum Gasteiger partial charge on any atom is -0.312 e. The topological polar surface area (TPSA) is 50.7 Å². The lowest BCUT2D eigenvalue weighted by Gasteiger charge is -2.21. The molecule has 5 heteroatoms. The lowest BCUT2D eigenvalue weighted by atomic mass is 9.98.